The standard InChI is InChI=1S/C11H16Br2N4O/c1-7(6-18-2)17-11(14)16-3-8-9(12)4-15-5-10(8)13/h4-5,7H,3,6H2,1-2H3,(H3,14,16,17). The summed E-state index contributed by atoms with van der Waals surface area (Å²) in [5, 5.41) is 3.05. The van der Waals surface area contributed by atoms with Crippen LogP contribution in [0, 0.1) is 0 Å². The van der Waals surface area contributed by atoms with Crippen LogP contribution in [-0.2, 0) is 11.3 Å². The largest absolute Gasteiger partial charge is 0.383 e. The van der Waals surface area contributed by atoms with Crippen molar-refractivity contribution in [1.82, 2.24) is 10.3 Å². The van der Waals surface area contributed by atoms with Crippen LogP contribution in [0.5, 0.6) is 0 Å². The van der Waals surface area contributed by atoms with Gasteiger partial charge in [0, 0.05) is 40.1 Å². The molecule has 1 atom stereocenters. The molecule has 100 valence electrons. The fraction of sp³-hybridized carbons (Fsp3) is 0.455. The van der Waals surface area contributed by atoms with E-state index < -0.39 is 0 Å². The van der Waals surface area contributed by atoms with E-state index in [9.17, 15) is 0 Å². The molecule has 0 saturated heterocycles. The maximum absolute atomic E-state index is 5.79. The van der Waals surface area contributed by atoms with Crippen molar-refractivity contribution in [3.8, 4) is 0 Å². The number of hydrogen-bond acceptors (Lipinski definition) is 3. The van der Waals surface area contributed by atoms with Crippen molar-refractivity contribution in [2.24, 2.45) is 10.7 Å². The lowest BCUT2D eigenvalue weighted by Crippen LogP contribution is -2.40. The lowest BCUT2D eigenvalue weighted by molar-refractivity contribution is 0.179. The van der Waals surface area contributed by atoms with Crippen molar-refractivity contribution in [3.63, 3.8) is 0 Å². The van der Waals surface area contributed by atoms with Crippen LogP contribution in [0.3, 0.4) is 0 Å². The number of aromatic nitrogens is 1. The van der Waals surface area contributed by atoms with Crippen LogP contribution in [0.1, 0.15) is 12.5 Å². The second-order valence-corrected chi connectivity index (χ2v) is 5.49. The van der Waals surface area contributed by atoms with Crippen molar-refractivity contribution in [2.75, 3.05) is 13.7 Å². The predicted molar refractivity (Wildman–Crippen MR) is 79.4 cm³/mol. The van der Waals surface area contributed by atoms with Gasteiger partial charge in [0.15, 0.2) is 5.96 Å². The summed E-state index contributed by atoms with van der Waals surface area (Å²) >= 11 is 6.86. The first-order valence-corrected chi connectivity index (χ1v) is 6.96. The van der Waals surface area contributed by atoms with Gasteiger partial charge in [-0.05, 0) is 38.8 Å². The maximum Gasteiger partial charge on any atom is 0.189 e. The number of nitrogens with zero attached hydrogens (tertiary/aromatic N) is 2. The van der Waals surface area contributed by atoms with Gasteiger partial charge in [0.2, 0.25) is 0 Å². The van der Waals surface area contributed by atoms with Crippen LogP contribution in [0.4, 0.5) is 0 Å². The molecular formula is C11H16Br2N4O. The van der Waals surface area contributed by atoms with Gasteiger partial charge in [-0.25, -0.2) is 4.99 Å². The number of halogens is 2. The fourth-order valence-corrected chi connectivity index (χ4v) is 2.52. The Balaban J connectivity index is 2.63. The van der Waals surface area contributed by atoms with Gasteiger partial charge in [0.1, 0.15) is 0 Å². The Hall–Kier alpha value is -0.660. The lowest BCUT2D eigenvalue weighted by atomic mass is 10.3. The fourth-order valence-electron chi connectivity index (χ4n) is 1.34. The van der Waals surface area contributed by atoms with Crippen molar-refractivity contribution >= 4 is 37.8 Å². The maximum atomic E-state index is 5.79. The molecule has 0 aliphatic carbocycles. The SMILES string of the molecule is COCC(C)NC(N)=NCc1c(Br)cncc1Br. The third-order valence-corrected chi connectivity index (χ3v) is 3.54. The number of nitrogens with two attached hydrogens (primary N) is 1. The first kappa shape index (κ1) is 15.4. The van der Waals surface area contributed by atoms with E-state index in [2.05, 4.69) is 47.2 Å². The summed E-state index contributed by atoms with van der Waals surface area (Å²) in [5.74, 6) is 0.398. The molecule has 0 aliphatic heterocycles. The monoisotopic (exact) mass is 378 g/mol. The summed E-state index contributed by atoms with van der Waals surface area (Å²) in [6.45, 7) is 3.03. The summed E-state index contributed by atoms with van der Waals surface area (Å²) in [4.78, 5) is 8.32. The molecule has 5 nitrogen and oxygen atoms in total. The molecule has 0 saturated carbocycles. The molecule has 0 radical (unpaired) electrons. The molecule has 1 aromatic heterocycles. The molecule has 1 heterocycles. The highest BCUT2D eigenvalue weighted by atomic mass is 79.9. The van der Waals surface area contributed by atoms with Gasteiger partial charge in [-0.1, -0.05) is 0 Å². The van der Waals surface area contributed by atoms with E-state index in [1.165, 1.54) is 0 Å². The zero-order chi connectivity index (χ0) is 13.5. The van der Waals surface area contributed by atoms with E-state index in [1.54, 1.807) is 19.5 Å². The minimum absolute atomic E-state index is 0.128. The molecule has 0 aromatic carbocycles. The smallest absolute Gasteiger partial charge is 0.189 e. The Morgan fingerprint density at radius 2 is 2.11 bits per heavy atom. The summed E-state index contributed by atoms with van der Waals surface area (Å²) in [6.07, 6.45) is 3.46. The highest BCUT2D eigenvalue weighted by Gasteiger charge is 2.06. The Kier molecular flexibility index (Phi) is 6.59. The average Bonchev–Trinajstić information content (AvgIpc) is 2.28. The van der Waals surface area contributed by atoms with Gasteiger partial charge in [0.05, 0.1) is 13.2 Å². The van der Waals surface area contributed by atoms with Crippen LogP contribution in [0.25, 0.3) is 0 Å². The lowest BCUT2D eigenvalue weighted by Gasteiger charge is -2.13. The van der Waals surface area contributed by atoms with Crippen molar-refractivity contribution < 1.29 is 4.74 Å². The van der Waals surface area contributed by atoms with Crippen LogP contribution < -0.4 is 11.1 Å². The number of hydrogen-bond donors (Lipinski definition) is 2. The van der Waals surface area contributed by atoms with E-state index in [4.69, 9.17) is 10.5 Å². The van der Waals surface area contributed by atoms with Gasteiger partial charge in [-0.15, -0.1) is 0 Å². The molecule has 7 heteroatoms. The zero-order valence-electron chi connectivity index (χ0n) is 10.3. The second-order valence-electron chi connectivity index (χ2n) is 3.78. The van der Waals surface area contributed by atoms with Gasteiger partial charge < -0.3 is 15.8 Å². The number of rotatable bonds is 5. The minimum Gasteiger partial charge on any atom is -0.383 e. The van der Waals surface area contributed by atoms with E-state index in [0.29, 0.717) is 19.1 Å². The predicted octanol–water partition coefficient (Wildman–Crippen LogP) is 2.05. The number of guanidine groups is 1. The third kappa shape index (κ3) is 4.91. The number of methoxy groups -OCH3 is 1. The van der Waals surface area contributed by atoms with Crippen molar-refractivity contribution in [2.45, 2.75) is 19.5 Å². The average molecular weight is 380 g/mol. The highest BCUT2D eigenvalue weighted by molar-refractivity contribution is 9.11. The van der Waals surface area contributed by atoms with E-state index >= 15 is 0 Å². The zero-order valence-corrected chi connectivity index (χ0v) is 13.5. The molecule has 1 aromatic rings. The summed E-state index contributed by atoms with van der Waals surface area (Å²) in [6, 6.07) is 0.128. The summed E-state index contributed by atoms with van der Waals surface area (Å²) in [5.41, 5.74) is 6.80. The Labute approximate surface area is 123 Å². The molecule has 0 spiro atoms. The number of nitrogens with one attached hydrogen (secondary N) is 1. The molecule has 0 amide bonds. The molecule has 1 rings (SSSR count). The van der Waals surface area contributed by atoms with E-state index in [0.717, 1.165) is 14.5 Å². The number of pyridine rings is 1. The third-order valence-electron chi connectivity index (χ3n) is 2.17. The molecule has 18 heavy (non-hydrogen) atoms. The normalized spacial score (nSPS) is 13.4. The van der Waals surface area contributed by atoms with Gasteiger partial charge in [-0.3, -0.25) is 4.98 Å². The Morgan fingerprint density at radius 3 is 2.67 bits per heavy atom. The van der Waals surface area contributed by atoms with Crippen LogP contribution in [-0.4, -0.2) is 30.7 Å². The van der Waals surface area contributed by atoms with Crippen LogP contribution in [0.2, 0.25) is 0 Å². The minimum atomic E-state index is 0.128. The molecular weight excluding hydrogens is 364 g/mol. The Bertz CT molecular complexity index is 405. The van der Waals surface area contributed by atoms with Crippen LogP contribution in [0.15, 0.2) is 26.3 Å². The number of aliphatic imine (C=N–C) groups is 1. The number of ether oxygens (including phenoxy) is 1. The van der Waals surface area contributed by atoms with Gasteiger partial charge >= 0.3 is 0 Å². The molecule has 0 aliphatic rings. The first-order chi connectivity index (χ1) is 8.54. The van der Waals surface area contributed by atoms with Crippen LogP contribution >= 0.6 is 31.9 Å². The quantitative estimate of drug-likeness (QED) is 0.606. The highest BCUT2D eigenvalue weighted by Crippen LogP contribution is 2.24. The van der Waals surface area contributed by atoms with Gasteiger partial charge in [-0.2, -0.15) is 0 Å². The summed E-state index contributed by atoms with van der Waals surface area (Å²) < 4.78 is 6.81. The van der Waals surface area contributed by atoms with E-state index in [-0.39, 0.29) is 6.04 Å². The second kappa shape index (κ2) is 7.70. The summed E-state index contributed by atoms with van der Waals surface area (Å²) in [7, 11) is 1.65. The molecule has 1 unspecified atom stereocenters. The Morgan fingerprint density at radius 1 is 1.50 bits per heavy atom. The topological polar surface area (TPSA) is 72.5 Å². The molecule has 3 N–H and O–H groups in total. The molecule has 0 fully saturated rings. The van der Waals surface area contributed by atoms with Crippen molar-refractivity contribution in [3.05, 3.63) is 26.9 Å². The van der Waals surface area contributed by atoms with Gasteiger partial charge in [0.25, 0.3) is 0 Å². The van der Waals surface area contributed by atoms with Crippen molar-refractivity contribution in [1.29, 1.82) is 0 Å². The van der Waals surface area contributed by atoms with E-state index in [1.807, 2.05) is 6.92 Å². The first-order valence-electron chi connectivity index (χ1n) is 5.37. The molecule has 0 bridgehead atoms.